The molecule has 0 aliphatic carbocycles. The monoisotopic (exact) mass is 510 g/mol. The number of hydrogen-bond acceptors (Lipinski definition) is 6. The molecule has 0 bridgehead atoms. The lowest BCUT2D eigenvalue weighted by Gasteiger charge is -2.31. The van der Waals surface area contributed by atoms with Crippen molar-refractivity contribution in [2.75, 3.05) is 36.4 Å². The van der Waals surface area contributed by atoms with Crippen LogP contribution >= 0.6 is 11.3 Å². The van der Waals surface area contributed by atoms with Crippen LogP contribution in [0.25, 0.3) is 16.2 Å². The summed E-state index contributed by atoms with van der Waals surface area (Å²) in [5, 5.41) is 8.55. The molecule has 8 nitrogen and oxygen atoms in total. The fourth-order valence-corrected chi connectivity index (χ4v) is 5.54. The van der Waals surface area contributed by atoms with Gasteiger partial charge in [0.25, 0.3) is 5.91 Å². The van der Waals surface area contributed by atoms with Crippen molar-refractivity contribution in [3.8, 4) is 5.13 Å². The zero-order valence-corrected chi connectivity index (χ0v) is 20.9. The number of para-hydroxylation sites is 4. The Balaban J connectivity index is 1.31. The summed E-state index contributed by atoms with van der Waals surface area (Å²) in [4.78, 5) is 33.6. The fourth-order valence-electron chi connectivity index (χ4n) is 4.73. The Kier molecular flexibility index (Phi) is 6.30. The second kappa shape index (κ2) is 10.0. The van der Waals surface area contributed by atoms with Crippen LogP contribution in [0.15, 0.2) is 89.0 Å². The number of carbonyl (C=O) groups is 1. The third-order valence-electron chi connectivity index (χ3n) is 6.55. The van der Waals surface area contributed by atoms with Gasteiger partial charge < -0.3 is 15.5 Å². The number of amides is 1. The minimum absolute atomic E-state index is 0.185. The number of imidazole rings is 1. The van der Waals surface area contributed by atoms with Gasteiger partial charge in [0.15, 0.2) is 5.13 Å². The molecule has 2 N–H and O–H groups in total. The van der Waals surface area contributed by atoms with Gasteiger partial charge in [-0.25, -0.2) is 14.3 Å². The molecule has 37 heavy (non-hydrogen) atoms. The molecule has 2 aromatic heterocycles. The smallest absolute Gasteiger partial charge is 0.335 e. The first-order chi connectivity index (χ1) is 18.2. The zero-order chi connectivity index (χ0) is 25.2. The zero-order valence-electron chi connectivity index (χ0n) is 20.1. The van der Waals surface area contributed by atoms with E-state index in [0.717, 1.165) is 54.2 Å². The van der Waals surface area contributed by atoms with Gasteiger partial charge in [0, 0.05) is 31.6 Å². The van der Waals surface area contributed by atoms with Gasteiger partial charge in [-0.05, 0) is 29.8 Å². The Bertz CT molecular complexity index is 1610. The Hall–Kier alpha value is -4.21. The molecule has 0 saturated carbocycles. The van der Waals surface area contributed by atoms with Gasteiger partial charge in [0.1, 0.15) is 5.69 Å². The van der Waals surface area contributed by atoms with E-state index in [4.69, 9.17) is 0 Å². The van der Waals surface area contributed by atoms with Crippen molar-refractivity contribution in [3.63, 3.8) is 0 Å². The van der Waals surface area contributed by atoms with E-state index >= 15 is 0 Å². The normalized spacial score (nSPS) is 13.7. The van der Waals surface area contributed by atoms with Crippen LogP contribution in [-0.4, -0.2) is 46.2 Å². The summed E-state index contributed by atoms with van der Waals surface area (Å²) in [6.07, 6.45) is 0. The summed E-state index contributed by atoms with van der Waals surface area (Å²) < 4.78 is 3.34. The van der Waals surface area contributed by atoms with Crippen LogP contribution in [0.5, 0.6) is 0 Å². The highest BCUT2D eigenvalue weighted by Crippen LogP contribution is 2.27. The van der Waals surface area contributed by atoms with Crippen LogP contribution < -0.4 is 21.2 Å². The van der Waals surface area contributed by atoms with Gasteiger partial charge >= 0.3 is 5.69 Å². The van der Waals surface area contributed by atoms with Crippen LogP contribution in [0.1, 0.15) is 16.1 Å². The molecule has 0 atom stereocenters. The van der Waals surface area contributed by atoms with Crippen molar-refractivity contribution in [1.82, 2.24) is 19.4 Å². The van der Waals surface area contributed by atoms with Crippen LogP contribution in [0.4, 0.5) is 11.4 Å². The van der Waals surface area contributed by atoms with E-state index in [1.165, 1.54) is 11.3 Å². The molecule has 3 heterocycles. The molecule has 1 saturated heterocycles. The number of anilines is 2. The third-order valence-corrected chi connectivity index (χ3v) is 7.37. The average Bonchev–Trinajstić information content (AvgIpc) is 3.53. The molecule has 0 spiro atoms. The standard InChI is InChI=1S/C28H26N6O2S/c35-26(30-21-10-4-5-11-23(21)32-16-14-29-15-17-32)22-19-37-27(31-22)34-25-13-7-6-12-24(25)33(28(34)36)18-20-8-2-1-3-9-20/h1-13,19,29H,14-18H2,(H,30,35). The number of piperazine rings is 1. The number of benzene rings is 3. The molecule has 3 aromatic carbocycles. The predicted molar refractivity (Wildman–Crippen MR) is 148 cm³/mol. The average molecular weight is 511 g/mol. The van der Waals surface area contributed by atoms with Gasteiger partial charge in [-0.15, -0.1) is 11.3 Å². The number of fused-ring (bicyclic) bond motifs is 1. The number of hydrogen-bond donors (Lipinski definition) is 2. The lowest BCUT2D eigenvalue weighted by Crippen LogP contribution is -2.43. The first-order valence-corrected chi connectivity index (χ1v) is 13.1. The molecule has 9 heteroatoms. The molecule has 6 rings (SSSR count). The van der Waals surface area contributed by atoms with Gasteiger partial charge in [0.2, 0.25) is 0 Å². The number of thiazole rings is 1. The summed E-state index contributed by atoms with van der Waals surface area (Å²) in [5.74, 6) is -0.300. The molecule has 1 amide bonds. The largest absolute Gasteiger partial charge is 0.367 e. The van der Waals surface area contributed by atoms with Gasteiger partial charge in [-0.2, -0.15) is 0 Å². The van der Waals surface area contributed by atoms with Crippen LogP contribution in [-0.2, 0) is 6.54 Å². The summed E-state index contributed by atoms with van der Waals surface area (Å²) in [7, 11) is 0. The molecule has 1 aliphatic heterocycles. The van der Waals surface area contributed by atoms with E-state index in [1.807, 2.05) is 78.9 Å². The number of nitrogens with one attached hydrogen (secondary N) is 2. The van der Waals surface area contributed by atoms with Crippen LogP contribution in [0.3, 0.4) is 0 Å². The Morgan fingerprint density at radius 3 is 2.43 bits per heavy atom. The van der Waals surface area contributed by atoms with Crippen molar-refractivity contribution in [1.29, 1.82) is 0 Å². The molecular formula is C28H26N6O2S. The third kappa shape index (κ3) is 4.54. The van der Waals surface area contributed by atoms with Crippen molar-refractivity contribution in [3.05, 3.63) is 106 Å². The maximum Gasteiger partial charge on any atom is 0.335 e. The summed E-state index contributed by atoms with van der Waals surface area (Å²) >= 11 is 1.28. The molecule has 0 radical (unpaired) electrons. The van der Waals surface area contributed by atoms with Crippen LogP contribution in [0.2, 0.25) is 0 Å². The van der Waals surface area contributed by atoms with Crippen molar-refractivity contribution < 1.29 is 4.79 Å². The summed E-state index contributed by atoms with van der Waals surface area (Å²) in [6, 6.07) is 25.4. The van der Waals surface area contributed by atoms with Crippen molar-refractivity contribution >= 4 is 39.7 Å². The highest BCUT2D eigenvalue weighted by atomic mass is 32.1. The predicted octanol–water partition coefficient (Wildman–Crippen LogP) is 3.96. The first-order valence-electron chi connectivity index (χ1n) is 12.3. The van der Waals surface area contributed by atoms with Crippen molar-refractivity contribution in [2.24, 2.45) is 0 Å². The SMILES string of the molecule is O=C(Nc1ccccc1N1CCNCC1)c1csc(-n2c(=O)n(Cc3ccccc3)c3ccccc32)n1. The number of aromatic nitrogens is 3. The quantitative estimate of drug-likeness (QED) is 0.361. The van der Waals surface area contributed by atoms with E-state index in [2.05, 4.69) is 20.5 Å². The highest BCUT2D eigenvalue weighted by Gasteiger charge is 2.20. The highest BCUT2D eigenvalue weighted by molar-refractivity contribution is 7.12. The van der Waals surface area contributed by atoms with E-state index in [1.54, 1.807) is 14.5 Å². The van der Waals surface area contributed by atoms with E-state index in [9.17, 15) is 9.59 Å². The van der Waals surface area contributed by atoms with E-state index < -0.39 is 0 Å². The number of rotatable bonds is 6. The van der Waals surface area contributed by atoms with Gasteiger partial charge in [0.05, 0.1) is 29.0 Å². The molecule has 1 fully saturated rings. The Morgan fingerprint density at radius 1 is 0.919 bits per heavy atom. The lowest BCUT2D eigenvalue weighted by molar-refractivity contribution is 0.102. The van der Waals surface area contributed by atoms with E-state index in [0.29, 0.717) is 11.7 Å². The van der Waals surface area contributed by atoms with Gasteiger partial charge in [-0.1, -0.05) is 54.6 Å². The number of carbonyl (C=O) groups excluding carboxylic acids is 1. The molecule has 5 aromatic rings. The molecule has 0 unspecified atom stereocenters. The lowest BCUT2D eigenvalue weighted by atomic mass is 10.2. The fraction of sp³-hybridized carbons (Fsp3) is 0.179. The van der Waals surface area contributed by atoms with Crippen LogP contribution in [0, 0.1) is 0 Å². The van der Waals surface area contributed by atoms with Gasteiger partial charge in [-0.3, -0.25) is 9.36 Å². The maximum absolute atomic E-state index is 13.6. The minimum atomic E-state index is -0.300. The maximum atomic E-state index is 13.6. The second-order valence-corrected chi connectivity index (χ2v) is 9.74. The Labute approximate surface area is 217 Å². The molecular weight excluding hydrogens is 484 g/mol. The second-order valence-electron chi connectivity index (χ2n) is 8.90. The minimum Gasteiger partial charge on any atom is -0.367 e. The number of nitrogens with zero attached hydrogens (tertiary/aromatic N) is 4. The summed E-state index contributed by atoms with van der Waals surface area (Å²) in [5.41, 5.74) is 4.46. The topological polar surface area (TPSA) is 84.2 Å². The van der Waals surface area contributed by atoms with Crippen molar-refractivity contribution in [2.45, 2.75) is 6.54 Å². The molecule has 1 aliphatic rings. The summed E-state index contributed by atoms with van der Waals surface area (Å²) in [6.45, 7) is 4.02. The first kappa shape index (κ1) is 23.2. The van der Waals surface area contributed by atoms with E-state index in [-0.39, 0.29) is 17.3 Å². The molecule has 186 valence electrons. The Morgan fingerprint density at radius 2 is 1.62 bits per heavy atom.